The SMILES string of the molecule is CC1=C(ON=C2C=CC(=O)C=C2)C(=O)C(C(C)C)=C/C1=N\S(=O)(=O)c1ccc(C)cc1. The number of aryl methyl sites for hydroxylation is 1. The number of sulfonamides is 1. The van der Waals surface area contributed by atoms with Gasteiger partial charge in [-0.2, -0.15) is 12.8 Å². The fraction of sp³-hybridized carbons (Fsp3) is 0.217. The number of carbonyl (C=O) groups is 2. The van der Waals surface area contributed by atoms with E-state index in [9.17, 15) is 18.0 Å². The van der Waals surface area contributed by atoms with Crippen molar-refractivity contribution in [3.05, 3.63) is 77.1 Å². The summed E-state index contributed by atoms with van der Waals surface area (Å²) >= 11 is 0. The molecule has 31 heavy (non-hydrogen) atoms. The molecule has 0 atom stereocenters. The lowest BCUT2D eigenvalue weighted by atomic mass is 9.89. The van der Waals surface area contributed by atoms with Crippen LogP contribution in [0.2, 0.25) is 0 Å². The van der Waals surface area contributed by atoms with Crippen LogP contribution in [0.1, 0.15) is 26.3 Å². The molecule has 0 radical (unpaired) electrons. The Balaban J connectivity index is 2.04. The zero-order chi connectivity index (χ0) is 22.8. The molecule has 0 bridgehead atoms. The average Bonchev–Trinajstić information content (AvgIpc) is 2.71. The molecule has 160 valence electrons. The normalized spacial score (nSPS) is 18.2. The molecule has 1 aromatic rings. The van der Waals surface area contributed by atoms with Gasteiger partial charge in [0.2, 0.25) is 11.5 Å². The van der Waals surface area contributed by atoms with E-state index >= 15 is 0 Å². The first kappa shape index (κ1) is 22.3. The van der Waals surface area contributed by atoms with Gasteiger partial charge in [-0.15, -0.1) is 0 Å². The van der Waals surface area contributed by atoms with Crippen LogP contribution in [0.4, 0.5) is 0 Å². The van der Waals surface area contributed by atoms with Crippen molar-refractivity contribution in [3.63, 3.8) is 0 Å². The Kier molecular flexibility index (Phi) is 6.31. The largest absolute Gasteiger partial charge is 0.352 e. The third-order valence-electron chi connectivity index (χ3n) is 4.72. The van der Waals surface area contributed by atoms with Crippen molar-refractivity contribution >= 4 is 33.0 Å². The zero-order valence-electron chi connectivity index (χ0n) is 17.6. The van der Waals surface area contributed by atoms with Crippen LogP contribution in [0.5, 0.6) is 0 Å². The van der Waals surface area contributed by atoms with E-state index in [0.29, 0.717) is 11.3 Å². The first-order chi connectivity index (χ1) is 14.6. The number of hydrogen-bond donors (Lipinski definition) is 0. The van der Waals surface area contributed by atoms with Crippen LogP contribution in [-0.2, 0) is 24.4 Å². The quantitative estimate of drug-likeness (QED) is 0.516. The van der Waals surface area contributed by atoms with Crippen LogP contribution in [0.3, 0.4) is 0 Å². The summed E-state index contributed by atoms with van der Waals surface area (Å²) in [5.74, 6) is -0.853. The fourth-order valence-corrected chi connectivity index (χ4v) is 3.90. The van der Waals surface area contributed by atoms with Gasteiger partial charge >= 0.3 is 0 Å². The topological polar surface area (TPSA) is 102 Å². The standard InChI is InChI=1S/C23H22N2O5S/c1-14(2)20-13-21(25-31(28,29)19-11-5-15(3)6-12-19)16(4)23(22(20)27)30-24-17-7-9-18(26)10-8-17/h5-14H,1-4H3/b25-21+. The van der Waals surface area contributed by atoms with Crippen LogP contribution in [0, 0.1) is 12.8 Å². The first-order valence-corrected chi connectivity index (χ1v) is 11.1. The summed E-state index contributed by atoms with van der Waals surface area (Å²) < 4.78 is 29.6. The highest BCUT2D eigenvalue weighted by molar-refractivity contribution is 7.90. The van der Waals surface area contributed by atoms with Gasteiger partial charge in [0.05, 0.1) is 10.6 Å². The predicted molar refractivity (Wildman–Crippen MR) is 118 cm³/mol. The van der Waals surface area contributed by atoms with Gasteiger partial charge in [0.15, 0.2) is 5.78 Å². The summed E-state index contributed by atoms with van der Waals surface area (Å²) in [5, 5.41) is 3.92. The number of ketones is 2. The van der Waals surface area contributed by atoms with E-state index in [-0.39, 0.29) is 39.4 Å². The molecule has 2 aliphatic rings. The van der Waals surface area contributed by atoms with E-state index in [4.69, 9.17) is 4.84 Å². The molecule has 0 aromatic heterocycles. The van der Waals surface area contributed by atoms with Crippen molar-refractivity contribution < 1.29 is 22.8 Å². The number of rotatable bonds is 5. The van der Waals surface area contributed by atoms with Crippen molar-refractivity contribution in [2.24, 2.45) is 15.5 Å². The van der Waals surface area contributed by atoms with Crippen LogP contribution in [0.25, 0.3) is 0 Å². The molecule has 0 heterocycles. The van der Waals surface area contributed by atoms with Crippen molar-refractivity contribution in [1.82, 2.24) is 0 Å². The van der Waals surface area contributed by atoms with Crippen molar-refractivity contribution in [2.45, 2.75) is 32.6 Å². The van der Waals surface area contributed by atoms with Gasteiger partial charge < -0.3 is 4.84 Å². The second-order valence-corrected chi connectivity index (χ2v) is 9.08. The molecule has 0 aliphatic heterocycles. The number of allylic oxidation sites excluding steroid dienone is 7. The van der Waals surface area contributed by atoms with E-state index in [1.165, 1.54) is 42.5 Å². The molecular formula is C23H22N2O5S. The Hall–Kier alpha value is -3.39. The number of nitrogens with zero attached hydrogens (tertiary/aromatic N) is 2. The third kappa shape index (κ3) is 5.03. The Bertz CT molecular complexity index is 1210. The first-order valence-electron chi connectivity index (χ1n) is 9.63. The molecule has 0 fully saturated rings. The van der Waals surface area contributed by atoms with Gasteiger partial charge in [0.25, 0.3) is 10.0 Å². The summed E-state index contributed by atoms with van der Waals surface area (Å²) in [7, 11) is -3.99. The van der Waals surface area contributed by atoms with Crippen molar-refractivity contribution in [3.8, 4) is 0 Å². The molecule has 0 spiro atoms. The lowest BCUT2D eigenvalue weighted by Crippen LogP contribution is -2.23. The number of carbonyl (C=O) groups excluding carboxylic acids is 2. The van der Waals surface area contributed by atoms with E-state index in [0.717, 1.165) is 5.56 Å². The molecule has 0 saturated carbocycles. The van der Waals surface area contributed by atoms with Gasteiger partial charge in [-0.05, 0) is 62.3 Å². The molecule has 0 saturated heterocycles. The summed E-state index contributed by atoms with van der Waals surface area (Å²) in [6.45, 7) is 7.05. The summed E-state index contributed by atoms with van der Waals surface area (Å²) in [6, 6.07) is 6.36. The lowest BCUT2D eigenvalue weighted by molar-refractivity contribution is -0.116. The molecule has 7 nitrogen and oxygen atoms in total. The summed E-state index contributed by atoms with van der Waals surface area (Å²) in [6.07, 6.45) is 7.05. The van der Waals surface area contributed by atoms with E-state index in [1.807, 2.05) is 20.8 Å². The minimum atomic E-state index is -3.99. The van der Waals surface area contributed by atoms with Gasteiger partial charge in [-0.25, -0.2) is 0 Å². The van der Waals surface area contributed by atoms with E-state index in [1.54, 1.807) is 19.1 Å². The van der Waals surface area contributed by atoms with Crippen LogP contribution < -0.4 is 0 Å². The highest BCUT2D eigenvalue weighted by Crippen LogP contribution is 2.27. The molecule has 0 amide bonds. The molecule has 1 aromatic carbocycles. The molecule has 3 rings (SSSR count). The van der Waals surface area contributed by atoms with Gasteiger partial charge in [-0.1, -0.05) is 36.7 Å². The Morgan fingerprint density at radius 3 is 2.13 bits per heavy atom. The van der Waals surface area contributed by atoms with Gasteiger partial charge in [0.1, 0.15) is 5.71 Å². The lowest BCUT2D eigenvalue weighted by Gasteiger charge is -2.19. The van der Waals surface area contributed by atoms with Crippen LogP contribution in [0.15, 0.2) is 86.0 Å². The molecule has 0 unspecified atom stereocenters. The Labute approximate surface area is 181 Å². The Morgan fingerprint density at radius 2 is 1.55 bits per heavy atom. The molecule has 8 heteroatoms. The van der Waals surface area contributed by atoms with Crippen molar-refractivity contribution in [2.75, 3.05) is 0 Å². The minimum Gasteiger partial charge on any atom is -0.352 e. The molecule has 2 aliphatic carbocycles. The third-order valence-corrected chi connectivity index (χ3v) is 6.03. The number of Topliss-reactive ketones (excluding diaryl/α,β-unsaturated/α-hetero) is 1. The van der Waals surface area contributed by atoms with Gasteiger partial charge in [0, 0.05) is 11.1 Å². The maximum Gasteiger partial charge on any atom is 0.282 e. The van der Waals surface area contributed by atoms with Gasteiger partial charge in [-0.3, -0.25) is 9.59 Å². The molecule has 0 N–H and O–H groups in total. The highest BCUT2D eigenvalue weighted by atomic mass is 32.2. The van der Waals surface area contributed by atoms with Crippen LogP contribution in [-0.4, -0.2) is 31.4 Å². The summed E-state index contributed by atoms with van der Waals surface area (Å²) in [5.41, 5.74) is 2.01. The van der Waals surface area contributed by atoms with E-state index in [2.05, 4.69) is 9.55 Å². The number of benzene rings is 1. The maximum atomic E-state index is 12.9. The second-order valence-electron chi connectivity index (χ2n) is 7.48. The summed E-state index contributed by atoms with van der Waals surface area (Å²) in [4.78, 5) is 29.6. The zero-order valence-corrected chi connectivity index (χ0v) is 18.4. The number of oxime groups is 1. The monoisotopic (exact) mass is 438 g/mol. The highest BCUT2D eigenvalue weighted by Gasteiger charge is 2.30. The number of hydrogen-bond acceptors (Lipinski definition) is 6. The fourth-order valence-electron chi connectivity index (χ4n) is 2.87. The average molecular weight is 439 g/mol. The maximum absolute atomic E-state index is 12.9. The van der Waals surface area contributed by atoms with Crippen molar-refractivity contribution in [1.29, 1.82) is 0 Å². The second kappa shape index (κ2) is 8.77. The molecular weight excluding hydrogens is 416 g/mol. The Morgan fingerprint density at radius 1 is 0.935 bits per heavy atom. The van der Waals surface area contributed by atoms with Crippen LogP contribution >= 0.6 is 0 Å². The smallest absolute Gasteiger partial charge is 0.282 e. The van der Waals surface area contributed by atoms with E-state index < -0.39 is 10.0 Å². The predicted octanol–water partition coefficient (Wildman–Crippen LogP) is 3.63. The minimum absolute atomic E-state index is 0.0552.